The molecule has 0 aliphatic carbocycles. The third kappa shape index (κ3) is 3.43. The van der Waals surface area contributed by atoms with E-state index in [1.54, 1.807) is 0 Å². The number of fused-ring (bicyclic) bond motifs is 9. The summed E-state index contributed by atoms with van der Waals surface area (Å²) in [4.78, 5) is 12.7. The van der Waals surface area contributed by atoms with E-state index in [1.165, 1.54) is 10.8 Å². The Balaban J connectivity index is 1.33. The van der Waals surface area contributed by atoms with Gasteiger partial charge in [-0.05, 0) is 42.5 Å². The Hall–Kier alpha value is -6.20. The van der Waals surface area contributed by atoms with Gasteiger partial charge in [0.15, 0.2) is 0 Å². The third-order valence-electron chi connectivity index (χ3n) is 8.93. The first-order chi connectivity index (χ1) is 22.3. The summed E-state index contributed by atoms with van der Waals surface area (Å²) in [5.74, 6) is 0.630. The smallest absolute Gasteiger partial charge is 0.235 e. The molecule has 6 aromatic carbocycles. The number of para-hydroxylation sites is 4. The highest BCUT2D eigenvalue weighted by Crippen LogP contribution is 2.51. The summed E-state index contributed by atoms with van der Waals surface area (Å²) < 4.78 is 8.76. The van der Waals surface area contributed by atoms with Gasteiger partial charge in [0.1, 0.15) is 11.2 Å². The highest BCUT2D eigenvalue weighted by molar-refractivity contribution is 6.26. The second-order valence-electron chi connectivity index (χ2n) is 11.4. The van der Waals surface area contributed by atoms with Crippen LogP contribution in [0.3, 0.4) is 0 Å². The monoisotopic (exact) mass is 576 g/mol. The van der Waals surface area contributed by atoms with Gasteiger partial charge in [0.2, 0.25) is 5.95 Å². The average Bonchev–Trinajstić information content (AvgIpc) is 3.66. The summed E-state index contributed by atoms with van der Waals surface area (Å²) in [5.41, 5.74) is 11.0. The molecule has 4 heterocycles. The van der Waals surface area contributed by atoms with E-state index in [-0.39, 0.29) is 0 Å². The lowest BCUT2D eigenvalue weighted by molar-refractivity contribution is 0.669. The van der Waals surface area contributed by atoms with Crippen LogP contribution in [-0.2, 0) is 0 Å². The summed E-state index contributed by atoms with van der Waals surface area (Å²) in [6.07, 6.45) is 0. The molecule has 3 aromatic heterocycles. The molecule has 0 bridgehead atoms. The zero-order valence-electron chi connectivity index (χ0n) is 24.1. The maximum Gasteiger partial charge on any atom is 0.235 e. The molecule has 5 heteroatoms. The van der Waals surface area contributed by atoms with Crippen molar-refractivity contribution in [3.8, 4) is 28.2 Å². The molecule has 0 atom stereocenters. The summed E-state index contributed by atoms with van der Waals surface area (Å²) in [6, 6.07) is 50.4. The summed E-state index contributed by atoms with van der Waals surface area (Å²) in [7, 11) is 0. The predicted octanol–water partition coefficient (Wildman–Crippen LogP) is 10.6. The van der Waals surface area contributed by atoms with Crippen molar-refractivity contribution in [1.29, 1.82) is 0 Å². The molecule has 0 fully saturated rings. The SMILES string of the molecule is c1ccc(-c2cc(-c3ccccc3)nc(N3c4ccccc4-n4c5c3cccc5c3ccc5oc6ccccc6c5c34)n2)cc1. The minimum Gasteiger partial charge on any atom is -0.456 e. The second-order valence-corrected chi connectivity index (χ2v) is 11.4. The maximum atomic E-state index is 6.35. The van der Waals surface area contributed by atoms with E-state index in [2.05, 4.69) is 131 Å². The fourth-order valence-electron chi connectivity index (χ4n) is 7.00. The van der Waals surface area contributed by atoms with Crippen LogP contribution in [0.15, 0.2) is 150 Å². The van der Waals surface area contributed by atoms with Crippen LogP contribution in [0.2, 0.25) is 0 Å². The van der Waals surface area contributed by atoms with Gasteiger partial charge in [-0.2, -0.15) is 0 Å². The van der Waals surface area contributed by atoms with E-state index in [0.717, 1.165) is 72.5 Å². The van der Waals surface area contributed by atoms with Crippen LogP contribution in [0.5, 0.6) is 0 Å². The first kappa shape index (κ1) is 24.3. The van der Waals surface area contributed by atoms with E-state index < -0.39 is 0 Å². The number of benzene rings is 6. The van der Waals surface area contributed by atoms with Crippen molar-refractivity contribution in [2.45, 2.75) is 0 Å². The Labute approximate surface area is 258 Å². The van der Waals surface area contributed by atoms with Crippen molar-refractivity contribution in [3.05, 3.63) is 146 Å². The third-order valence-corrected chi connectivity index (χ3v) is 8.93. The average molecular weight is 577 g/mol. The summed E-state index contributed by atoms with van der Waals surface area (Å²) in [6.45, 7) is 0. The predicted molar refractivity (Wildman–Crippen MR) is 183 cm³/mol. The molecule has 1 aliphatic heterocycles. The van der Waals surface area contributed by atoms with E-state index in [0.29, 0.717) is 5.95 Å². The topological polar surface area (TPSA) is 47.1 Å². The molecule has 210 valence electrons. The minimum atomic E-state index is 0.630. The number of hydrogen-bond acceptors (Lipinski definition) is 4. The van der Waals surface area contributed by atoms with Crippen LogP contribution >= 0.6 is 0 Å². The molecule has 10 rings (SSSR count). The Morgan fingerprint density at radius 1 is 0.444 bits per heavy atom. The Kier molecular flexibility index (Phi) is 4.93. The van der Waals surface area contributed by atoms with Gasteiger partial charge in [-0.25, -0.2) is 9.97 Å². The number of nitrogens with zero attached hydrogens (tertiary/aromatic N) is 4. The number of hydrogen-bond donors (Lipinski definition) is 0. The lowest BCUT2D eigenvalue weighted by Crippen LogP contribution is -2.20. The van der Waals surface area contributed by atoms with Crippen molar-refractivity contribution in [2.75, 3.05) is 4.90 Å². The van der Waals surface area contributed by atoms with Gasteiger partial charge in [0, 0.05) is 27.3 Å². The molecule has 1 aliphatic rings. The molecule has 0 saturated carbocycles. The molecule has 5 nitrogen and oxygen atoms in total. The highest BCUT2D eigenvalue weighted by atomic mass is 16.3. The molecule has 0 amide bonds. The summed E-state index contributed by atoms with van der Waals surface area (Å²) >= 11 is 0. The molecule has 9 aromatic rings. The molecule has 45 heavy (non-hydrogen) atoms. The lowest BCUT2D eigenvalue weighted by Gasteiger charge is -2.31. The van der Waals surface area contributed by atoms with E-state index in [9.17, 15) is 0 Å². The Bertz CT molecular complexity index is 2540. The normalized spacial score (nSPS) is 12.4. The van der Waals surface area contributed by atoms with Gasteiger partial charge in [0.25, 0.3) is 0 Å². The fourth-order valence-corrected chi connectivity index (χ4v) is 7.00. The molecular formula is C40H24N4O. The molecule has 0 N–H and O–H groups in total. The van der Waals surface area contributed by atoms with Crippen LogP contribution < -0.4 is 4.90 Å². The number of aromatic nitrogens is 3. The van der Waals surface area contributed by atoms with Crippen molar-refractivity contribution < 1.29 is 4.42 Å². The largest absolute Gasteiger partial charge is 0.456 e. The van der Waals surface area contributed by atoms with Crippen molar-refractivity contribution >= 4 is 61.1 Å². The molecular weight excluding hydrogens is 552 g/mol. The first-order valence-electron chi connectivity index (χ1n) is 15.1. The Morgan fingerprint density at radius 3 is 1.80 bits per heavy atom. The van der Waals surface area contributed by atoms with Gasteiger partial charge in [-0.1, -0.05) is 103 Å². The number of furan rings is 1. The summed E-state index contributed by atoms with van der Waals surface area (Å²) in [5, 5.41) is 4.61. The van der Waals surface area contributed by atoms with E-state index in [1.807, 2.05) is 24.3 Å². The second kappa shape index (κ2) is 9.15. The lowest BCUT2D eigenvalue weighted by atomic mass is 10.1. The molecule has 0 spiro atoms. The van der Waals surface area contributed by atoms with Crippen molar-refractivity contribution in [2.24, 2.45) is 0 Å². The van der Waals surface area contributed by atoms with Gasteiger partial charge in [-0.15, -0.1) is 0 Å². The van der Waals surface area contributed by atoms with Gasteiger partial charge >= 0.3 is 0 Å². The molecule has 0 saturated heterocycles. The number of rotatable bonds is 3. The standard InChI is InChI=1S/C40H24N4O/c1-3-12-25(13-4-1)30-24-31(26-14-5-2-6-15-26)42-40(41-30)43-32-18-8-9-19-33(32)44-38-27(17-11-20-34(38)43)28-22-23-36-37(39(28)44)29-16-7-10-21-35(29)45-36/h1-24H. The van der Waals surface area contributed by atoms with Gasteiger partial charge in [-0.3, -0.25) is 4.90 Å². The molecule has 0 unspecified atom stereocenters. The number of anilines is 3. The van der Waals surface area contributed by atoms with Gasteiger partial charge < -0.3 is 8.98 Å². The van der Waals surface area contributed by atoms with Crippen LogP contribution in [0.1, 0.15) is 0 Å². The van der Waals surface area contributed by atoms with E-state index in [4.69, 9.17) is 14.4 Å². The zero-order chi connectivity index (χ0) is 29.5. The maximum absolute atomic E-state index is 6.35. The van der Waals surface area contributed by atoms with Crippen LogP contribution in [-0.4, -0.2) is 14.5 Å². The highest BCUT2D eigenvalue weighted by Gasteiger charge is 2.31. The van der Waals surface area contributed by atoms with Crippen LogP contribution in [0.25, 0.3) is 71.9 Å². The minimum absolute atomic E-state index is 0.630. The van der Waals surface area contributed by atoms with Crippen molar-refractivity contribution in [1.82, 2.24) is 14.5 Å². The molecule has 0 radical (unpaired) electrons. The fraction of sp³-hybridized carbons (Fsp3) is 0. The van der Waals surface area contributed by atoms with Gasteiger partial charge in [0.05, 0.1) is 44.9 Å². The zero-order valence-corrected chi connectivity index (χ0v) is 24.1. The van der Waals surface area contributed by atoms with E-state index >= 15 is 0 Å². The Morgan fingerprint density at radius 2 is 1.04 bits per heavy atom. The quantitative estimate of drug-likeness (QED) is 0.210. The van der Waals surface area contributed by atoms with Crippen LogP contribution in [0.4, 0.5) is 17.3 Å². The first-order valence-corrected chi connectivity index (χ1v) is 15.1. The van der Waals surface area contributed by atoms with Crippen molar-refractivity contribution in [3.63, 3.8) is 0 Å². The van der Waals surface area contributed by atoms with Crippen LogP contribution in [0, 0.1) is 0 Å².